The van der Waals surface area contributed by atoms with Crippen molar-refractivity contribution in [1.29, 1.82) is 0 Å². The molecule has 0 aromatic heterocycles. The molecule has 2 N–H and O–H groups in total. The lowest BCUT2D eigenvalue weighted by Gasteiger charge is -2.39. The van der Waals surface area contributed by atoms with E-state index in [9.17, 15) is 14.7 Å². The summed E-state index contributed by atoms with van der Waals surface area (Å²) >= 11 is 0. The molecule has 3 fully saturated rings. The third kappa shape index (κ3) is 7.32. The summed E-state index contributed by atoms with van der Waals surface area (Å²) in [5.74, 6) is -3.67. The summed E-state index contributed by atoms with van der Waals surface area (Å²) in [6.45, 7) is 7.40. The van der Waals surface area contributed by atoms with E-state index in [0.29, 0.717) is 30.5 Å². The summed E-state index contributed by atoms with van der Waals surface area (Å²) in [5, 5.41) is 15.8. The molecule has 0 radical (unpaired) electrons. The fraction of sp³-hybridized carbons (Fsp3) is 0.333. The maximum Gasteiger partial charge on any atom is 0.313 e. The minimum Gasteiger partial charge on any atom is -0.455 e. The van der Waals surface area contributed by atoms with Crippen LogP contribution in [0, 0.1) is 11.8 Å². The average molecular weight is 742 g/mol. The van der Waals surface area contributed by atoms with Crippen LogP contribution >= 0.6 is 0 Å². The number of ether oxygens (including phenoxy) is 2. The van der Waals surface area contributed by atoms with E-state index in [1.54, 1.807) is 17.1 Å². The molecule has 10 heteroatoms. The van der Waals surface area contributed by atoms with Gasteiger partial charge in [-0.2, -0.15) is 0 Å². The summed E-state index contributed by atoms with van der Waals surface area (Å²) in [5.41, 5.74) is 0.854. The smallest absolute Gasteiger partial charge is 0.313 e. The highest BCUT2D eigenvalue weighted by Gasteiger charge is 2.75. The standard InChI is InChI=1S/C45H47N3O7/c1-3-5-20-38(50)46-28-37(32-17-10-7-11-18-32)54-44(53)39-36-23-24-45(55-36)40(39)42(51)48(35(29-49)26-30-14-8-6-9-15-30)41(45)43(52)47(25-4-2)34-22-21-31-16-12-13-19-33(31)27-34/h3-4,6-19,21-22,27,35-37,39-41,49H,1-2,5,20,23-26,28-29H2,(H,46,50)/t35-,36-,37+,39+,40+,41-,45+/m1/s1. The predicted molar refractivity (Wildman–Crippen MR) is 210 cm³/mol. The van der Waals surface area contributed by atoms with Crippen molar-refractivity contribution in [2.24, 2.45) is 11.8 Å². The molecule has 7 atom stereocenters. The summed E-state index contributed by atoms with van der Waals surface area (Å²) in [6.07, 6.45) is 3.67. The molecule has 2 bridgehead atoms. The second kappa shape index (κ2) is 16.4. The van der Waals surface area contributed by atoms with Crippen LogP contribution in [0.4, 0.5) is 5.69 Å². The van der Waals surface area contributed by atoms with E-state index >= 15 is 9.59 Å². The van der Waals surface area contributed by atoms with Gasteiger partial charge in [-0.15, -0.1) is 13.2 Å². The van der Waals surface area contributed by atoms with E-state index in [1.807, 2.05) is 103 Å². The van der Waals surface area contributed by atoms with Crippen molar-refractivity contribution in [3.63, 3.8) is 0 Å². The van der Waals surface area contributed by atoms with Crippen molar-refractivity contribution in [2.45, 2.75) is 62.0 Å². The molecule has 4 aromatic rings. The molecule has 284 valence electrons. The molecular weight excluding hydrogens is 695 g/mol. The minimum absolute atomic E-state index is 0.0346. The number of amides is 3. The van der Waals surface area contributed by atoms with E-state index in [-0.39, 0.29) is 37.7 Å². The molecule has 1 spiro atoms. The maximum absolute atomic E-state index is 15.2. The van der Waals surface area contributed by atoms with E-state index in [0.717, 1.165) is 16.3 Å². The van der Waals surface area contributed by atoms with Crippen molar-refractivity contribution < 1.29 is 33.8 Å². The predicted octanol–water partition coefficient (Wildman–Crippen LogP) is 5.70. The van der Waals surface area contributed by atoms with Crippen LogP contribution < -0.4 is 10.2 Å². The lowest BCUT2D eigenvalue weighted by Crippen LogP contribution is -2.59. The van der Waals surface area contributed by atoms with Crippen LogP contribution in [0.3, 0.4) is 0 Å². The molecular formula is C45H47N3O7. The Labute approximate surface area is 321 Å². The Morgan fingerprint density at radius 3 is 2.38 bits per heavy atom. The number of likely N-dealkylation sites (tertiary alicyclic amines) is 1. The van der Waals surface area contributed by atoms with Crippen molar-refractivity contribution in [2.75, 3.05) is 24.6 Å². The van der Waals surface area contributed by atoms with Crippen molar-refractivity contribution in [3.8, 4) is 0 Å². The number of aliphatic hydroxyl groups excluding tert-OH is 1. The van der Waals surface area contributed by atoms with Gasteiger partial charge in [-0.1, -0.05) is 103 Å². The van der Waals surface area contributed by atoms with Gasteiger partial charge < -0.3 is 29.7 Å². The number of nitrogens with zero attached hydrogens (tertiary/aromatic N) is 2. The topological polar surface area (TPSA) is 125 Å². The van der Waals surface area contributed by atoms with Gasteiger partial charge in [0.05, 0.1) is 37.1 Å². The Kier molecular flexibility index (Phi) is 11.3. The van der Waals surface area contributed by atoms with E-state index in [4.69, 9.17) is 9.47 Å². The van der Waals surface area contributed by atoms with Crippen LogP contribution in [0.25, 0.3) is 10.8 Å². The Morgan fingerprint density at radius 1 is 0.964 bits per heavy atom. The number of aliphatic hydroxyl groups is 1. The second-order valence-electron chi connectivity index (χ2n) is 14.6. The number of nitrogens with one attached hydrogen (secondary N) is 1. The first-order valence-corrected chi connectivity index (χ1v) is 19.0. The van der Waals surface area contributed by atoms with Gasteiger partial charge in [0, 0.05) is 18.7 Å². The van der Waals surface area contributed by atoms with Crippen LogP contribution in [0.1, 0.15) is 42.9 Å². The van der Waals surface area contributed by atoms with Gasteiger partial charge in [-0.3, -0.25) is 19.2 Å². The molecule has 0 aliphatic carbocycles. The van der Waals surface area contributed by atoms with Gasteiger partial charge in [0.15, 0.2) is 0 Å². The zero-order valence-electron chi connectivity index (χ0n) is 30.8. The van der Waals surface area contributed by atoms with Gasteiger partial charge >= 0.3 is 5.97 Å². The first kappa shape index (κ1) is 37.7. The Bertz CT molecular complexity index is 2060. The summed E-state index contributed by atoms with van der Waals surface area (Å²) < 4.78 is 13.0. The lowest BCUT2D eigenvalue weighted by atomic mass is 9.70. The number of esters is 1. The number of fused-ring (bicyclic) bond motifs is 2. The van der Waals surface area contributed by atoms with E-state index < -0.39 is 60.2 Å². The average Bonchev–Trinajstić information content (AvgIpc) is 3.87. The minimum atomic E-state index is -1.34. The Hall–Kier alpha value is -5.58. The van der Waals surface area contributed by atoms with Gasteiger partial charge in [0.2, 0.25) is 11.8 Å². The Balaban J connectivity index is 1.25. The van der Waals surface area contributed by atoms with Crippen LogP contribution in [0.15, 0.2) is 128 Å². The Morgan fingerprint density at radius 2 is 1.67 bits per heavy atom. The monoisotopic (exact) mass is 741 g/mol. The number of rotatable bonds is 16. The van der Waals surface area contributed by atoms with E-state index in [1.165, 1.54) is 4.90 Å². The molecule has 4 aromatic carbocycles. The highest BCUT2D eigenvalue weighted by Crippen LogP contribution is 2.59. The molecule has 55 heavy (non-hydrogen) atoms. The SMILES string of the molecule is C=CCCC(=O)NC[C@H](OC(=O)[C@@H]1[C@H]2C(=O)N([C@@H](CO)Cc3ccccc3)[C@H](C(=O)N(CC=C)c3ccc4ccccc4c3)[C@]23CC[C@H]1O3)c1ccccc1. The second-order valence-corrected chi connectivity index (χ2v) is 14.6. The highest BCUT2D eigenvalue weighted by molar-refractivity contribution is 6.05. The number of benzene rings is 4. The largest absolute Gasteiger partial charge is 0.455 e. The van der Waals surface area contributed by atoms with E-state index in [2.05, 4.69) is 18.5 Å². The number of allylic oxidation sites excluding steroid dienone is 1. The highest BCUT2D eigenvalue weighted by atomic mass is 16.6. The number of hydrogen-bond acceptors (Lipinski definition) is 7. The van der Waals surface area contributed by atoms with Crippen molar-refractivity contribution in [3.05, 3.63) is 140 Å². The zero-order chi connectivity index (χ0) is 38.5. The molecule has 10 nitrogen and oxygen atoms in total. The quantitative estimate of drug-likeness (QED) is 0.112. The maximum atomic E-state index is 15.2. The first-order valence-electron chi connectivity index (χ1n) is 19.0. The van der Waals surface area contributed by atoms with Gasteiger partial charge in [0.1, 0.15) is 17.7 Å². The third-order valence-corrected chi connectivity index (χ3v) is 11.3. The number of carbonyl (C=O) groups excluding carboxylic acids is 4. The molecule has 3 amide bonds. The van der Waals surface area contributed by atoms with Crippen molar-refractivity contribution >= 4 is 40.2 Å². The molecule has 3 aliphatic heterocycles. The molecule has 3 saturated heterocycles. The van der Waals surface area contributed by atoms with Gasteiger partial charge in [0.25, 0.3) is 5.91 Å². The zero-order valence-corrected chi connectivity index (χ0v) is 30.8. The number of carbonyl (C=O) groups is 4. The first-order chi connectivity index (χ1) is 26.8. The third-order valence-electron chi connectivity index (χ3n) is 11.3. The van der Waals surface area contributed by atoms with Crippen LogP contribution in [0.5, 0.6) is 0 Å². The van der Waals surface area contributed by atoms with Crippen molar-refractivity contribution in [1.82, 2.24) is 10.2 Å². The van der Waals surface area contributed by atoms with Gasteiger partial charge in [-0.05, 0) is 59.7 Å². The molecule has 3 heterocycles. The molecule has 0 saturated carbocycles. The molecule has 0 unspecified atom stereocenters. The van der Waals surface area contributed by atoms with Crippen LogP contribution in [-0.4, -0.2) is 77.2 Å². The normalized spacial score (nSPS) is 23.5. The summed E-state index contributed by atoms with van der Waals surface area (Å²) in [6, 6.07) is 30.3. The molecule has 3 aliphatic rings. The fourth-order valence-electron chi connectivity index (χ4n) is 8.75. The molecule has 7 rings (SSSR count). The van der Waals surface area contributed by atoms with Crippen LogP contribution in [-0.2, 0) is 35.1 Å². The number of anilines is 1. The summed E-state index contributed by atoms with van der Waals surface area (Å²) in [7, 11) is 0. The van der Waals surface area contributed by atoms with Gasteiger partial charge in [-0.25, -0.2) is 0 Å². The number of hydrogen-bond donors (Lipinski definition) is 2. The fourth-order valence-corrected chi connectivity index (χ4v) is 8.75. The summed E-state index contributed by atoms with van der Waals surface area (Å²) in [4.78, 5) is 60.4. The lowest BCUT2D eigenvalue weighted by molar-refractivity contribution is -0.161. The van der Waals surface area contributed by atoms with Crippen LogP contribution in [0.2, 0.25) is 0 Å².